The molecule has 1 saturated carbocycles. The van der Waals surface area contributed by atoms with Crippen molar-refractivity contribution in [3.8, 4) is 0 Å². The second kappa shape index (κ2) is 7.55. The smallest absolute Gasteiger partial charge is 0.251 e. The lowest BCUT2D eigenvalue weighted by atomic mass is 10.1. The van der Waals surface area contributed by atoms with Crippen molar-refractivity contribution >= 4 is 17.5 Å². The quantitative estimate of drug-likeness (QED) is 0.720. The summed E-state index contributed by atoms with van der Waals surface area (Å²) in [5.74, 6) is -0.577. The van der Waals surface area contributed by atoms with Crippen LogP contribution in [0.3, 0.4) is 0 Å². The summed E-state index contributed by atoms with van der Waals surface area (Å²) in [4.78, 5) is 23.8. The molecule has 1 aliphatic carbocycles. The zero-order chi connectivity index (χ0) is 17.0. The van der Waals surface area contributed by atoms with Crippen LogP contribution in [0.15, 0.2) is 18.2 Å². The number of halogens is 1. The van der Waals surface area contributed by atoms with Gasteiger partial charge in [0.05, 0.1) is 5.69 Å². The monoisotopic (exact) mass is 321 g/mol. The summed E-state index contributed by atoms with van der Waals surface area (Å²) < 4.78 is 14.1. The van der Waals surface area contributed by atoms with Crippen LogP contribution in [0.5, 0.6) is 0 Å². The van der Waals surface area contributed by atoms with E-state index in [1.54, 1.807) is 0 Å². The van der Waals surface area contributed by atoms with Gasteiger partial charge in [-0.05, 0) is 42.9 Å². The van der Waals surface area contributed by atoms with Crippen LogP contribution in [0.2, 0.25) is 0 Å². The number of nitrogens with one attached hydrogen (secondary N) is 2. The normalized spacial score (nSPS) is 15.3. The first kappa shape index (κ1) is 17.4. The number of hydrogen-bond acceptors (Lipinski definition) is 3. The molecular formula is C17H24FN3O2. The molecule has 0 saturated heterocycles. The summed E-state index contributed by atoms with van der Waals surface area (Å²) in [5, 5.41) is 5.36. The molecule has 0 spiro atoms. The fourth-order valence-corrected chi connectivity index (χ4v) is 2.45. The van der Waals surface area contributed by atoms with Crippen LogP contribution >= 0.6 is 0 Å². The van der Waals surface area contributed by atoms with Gasteiger partial charge in [0, 0.05) is 24.6 Å². The van der Waals surface area contributed by atoms with Gasteiger partial charge < -0.3 is 16.4 Å². The molecule has 23 heavy (non-hydrogen) atoms. The maximum Gasteiger partial charge on any atom is 0.251 e. The SMILES string of the molecule is CC(C)CC(=O)Nc1ccc(C(=O)NC(CN)C2CC2)cc1F. The van der Waals surface area contributed by atoms with Crippen molar-refractivity contribution < 1.29 is 14.0 Å². The molecule has 1 aromatic carbocycles. The van der Waals surface area contributed by atoms with E-state index in [4.69, 9.17) is 5.73 Å². The van der Waals surface area contributed by atoms with Gasteiger partial charge in [-0.2, -0.15) is 0 Å². The van der Waals surface area contributed by atoms with E-state index in [2.05, 4.69) is 10.6 Å². The summed E-state index contributed by atoms with van der Waals surface area (Å²) in [7, 11) is 0. The highest BCUT2D eigenvalue weighted by molar-refractivity contribution is 5.96. The number of benzene rings is 1. The summed E-state index contributed by atoms with van der Waals surface area (Å²) in [6.07, 6.45) is 2.45. The molecule has 1 atom stereocenters. The van der Waals surface area contributed by atoms with E-state index < -0.39 is 5.82 Å². The number of hydrogen-bond donors (Lipinski definition) is 3. The van der Waals surface area contributed by atoms with Gasteiger partial charge in [-0.1, -0.05) is 13.8 Å². The van der Waals surface area contributed by atoms with Crippen LogP contribution in [0.25, 0.3) is 0 Å². The number of anilines is 1. The molecule has 0 aliphatic heterocycles. The van der Waals surface area contributed by atoms with Crippen molar-refractivity contribution in [2.75, 3.05) is 11.9 Å². The second-order valence-corrected chi connectivity index (χ2v) is 6.49. The van der Waals surface area contributed by atoms with Gasteiger partial charge in [0.1, 0.15) is 5.82 Å². The van der Waals surface area contributed by atoms with Crippen LogP contribution in [-0.4, -0.2) is 24.4 Å². The molecule has 1 aromatic rings. The van der Waals surface area contributed by atoms with E-state index in [9.17, 15) is 14.0 Å². The van der Waals surface area contributed by atoms with Crippen LogP contribution in [0, 0.1) is 17.7 Å². The van der Waals surface area contributed by atoms with E-state index in [1.807, 2.05) is 13.8 Å². The lowest BCUT2D eigenvalue weighted by Crippen LogP contribution is -2.41. The van der Waals surface area contributed by atoms with E-state index in [0.29, 0.717) is 18.9 Å². The highest BCUT2D eigenvalue weighted by atomic mass is 19.1. The van der Waals surface area contributed by atoms with E-state index in [0.717, 1.165) is 18.9 Å². The number of carbonyl (C=O) groups is 2. The van der Waals surface area contributed by atoms with Gasteiger partial charge in [-0.25, -0.2) is 4.39 Å². The molecule has 0 heterocycles. The largest absolute Gasteiger partial charge is 0.348 e. The Hall–Kier alpha value is -1.95. The molecule has 0 aromatic heterocycles. The Kier molecular flexibility index (Phi) is 5.71. The first-order valence-electron chi connectivity index (χ1n) is 8.01. The Morgan fingerprint density at radius 1 is 1.35 bits per heavy atom. The second-order valence-electron chi connectivity index (χ2n) is 6.49. The third-order valence-electron chi connectivity index (χ3n) is 3.86. The lowest BCUT2D eigenvalue weighted by molar-refractivity contribution is -0.116. The molecular weight excluding hydrogens is 297 g/mol. The number of amides is 2. The van der Waals surface area contributed by atoms with Crippen LogP contribution < -0.4 is 16.4 Å². The Balaban J connectivity index is 2.00. The van der Waals surface area contributed by atoms with Gasteiger partial charge in [-0.15, -0.1) is 0 Å². The molecule has 6 heteroatoms. The highest BCUT2D eigenvalue weighted by Gasteiger charge is 2.31. The standard InChI is InChI=1S/C17H24FN3O2/c1-10(2)7-16(22)20-14-6-5-12(8-13(14)18)17(23)21-15(9-19)11-3-4-11/h5-6,8,10-11,15H,3-4,7,9,19H2,1-2H3,(H,20,22)(H,21,23). The maximum absolute atomic E-state index is 14.1. The Morgan fingerprint density at radius 3 is 2.57 bits per heavy atom. The van der Waals surface area contributed by atoms with Gasteiger partial charge >= 0.3 is 0 Å². The van der Waals surface area contributed by atoms with Crippen molar-refractivity contribution in [2.24, 2.45) is 17.6 Å². The molecule has 4 N–H and O–H groups in total. The van der Waals surface area contributed by atoms with E-state index in [-0.39, 0.29) is 35.0 Å². The molecule has 0 radical (unpaired) electrons. The minimum absolute atomic E-state index is 0.0593. The van der Waals surface area contributed by atoms with Crippen molar-refractivity contribution in [1.29, 1.82) is 0 Å². The average molecular weight is 321 g/mol. The van der Waals surface area contributed by atoms with Crippen molar-refractivity contribution in [1.82, 2.24) is 5.32 Å². The summed E-state index contributed by atoms with van der Waals surface area (Å²) in [5.41, 5.74) is 5.97. The van der Waals surface area contributed by atoms with Crippen LogP contribution in [0.1, 0.15) is 43.5 Å². The van der Waals surface area contributed by atoms with E-state index in [1.165, 1.54) is 12.1 Å². The molecule has 1 fully saturated rings. The van der Waals surface area contributed by atoms with Crippen LogP contribution in [-0.2, 0) is 4.79 Å². The van der Waals surface area contributed by atoms with Crippen molar-refractivity contribution in [3.05, 3.63) is 29.6 Å². The Labute approximate surface area is 135 Å². The van der Waals surface area contributed by atoms with Gasteiger partial charge in [0.2, 0.25) is 5.91 Å². The Bertz CT molecular complexity index is 585. The molecule has 2 rings (SSSR count). The molecule has 126 valence electrons. The van der Waals surface area contributed by atoms with Gasteiger partial charge in [0.25, 0.3) is 5.91 Å². The number of nitrogens with two attached hydrogens (primary N) is 1. The molecule has 0 bridgehead atoms. The third-order valence-corrected chi connectivity index (χ3v) is 3.86. The third kappa shape index (κ3) is 5.03. The van der Waals surface area contributed by atoms with Crippen molar-refractivity contribution in [2.45, 2.75) is 39.2 Å². The molecule has 5 nitrogen and oxygen atoms in total. The van der Waals surface area contributed by atoms with Crippen molar-refractivity contribution in [3.63, 3.8) is 0 Å². The summed E-state index contributed by atoms with van der Waals surface area (Å²) in [6, 6.07) is 4.00. The topological polar surface area (TPSA) is 84.2 Å². The zero-order valence-corrected chi connectivity index (χ0v) is 13.6. The average Bonchev–Trinajstić information content (AvgIpc) is 3.30. The molecule has 2 amide bonds. The van der Waals surface area contributed by atoms with Gasteiger partial charge in [-0.3, -0.25) is 9.59 Å². The summed E-state index contributed by atoms with van der Waals surface area (Å²) >= 11 is 0. The zero-order valence-electron chi connectivity index (χ0n) is 13.6. The van der Waals surface area contributed by atoms with Gasteiger partial charge in [0.15, 0.2) is 0 Å². The predicted molar refractivity (Wildman–Crippen MR) is 87.5 cm³/mol. The minimum Gasteiger partial charge on any atom is -0.348 e. The first-order chi connectivity index (χ1) is 10.9. The summed E-state index contributed by atoms with van der Waals surface area (Å²) in [6.45, 7) is 4.20. The minimum atomic E-state index is -0.620. The fourth-order valence-electron chi connectivity index (χ4n) is 2.45. The lowest BCUT2D eigenvalue weighted by Gasteiger charge is -2.16. The molecule has 1 unspecified atom stereocenters. The number of carbonyl (C=O) groups excluding carboxylic acids is 2. The molecule has 1 aliphatic rings. The predicted octanol–water partition coefficient (Wildman–Crippen LogP) is 2.28. The van der Waals surface area contributed by atoms with Crippen LogP contribution in [0.4, 0.5) is 10.1 Å². The van der Waals surface area contributed by atoms with E-state index >= 15 is 0 Å². The fraction of sp³-hybridized carbons (Fsp3) is 0.529. The maximum atomic E-state index is 14.1. The Morgan fingerprint density at radius 2 is 2.04 bits per heavy atom. The number of rotatable bonds is 7. The highest BCUT2D eigenvalue weighted by Crippen LogP contribution is 2.32. The first-order valence-corrected chi connectivity index (χ1v) is 8.01.